The van der Waals surface area contributed by atoms with E-state index in [0.29, 0.717) is 60.5 Å². The molecule has 1 fully saturated rings. The quantitative estimate of drug-likeness (QED) is 0.237. The first-order valence-corrected chi connectivity index (χ1v) is 14.8. The zero-order valence-corrected chi connectivity index (χ0v) is 24.6. The summed E-state index contributed by atoms with van der Waals surface area (Å²) in [5.74, 6) is 0.292. The third-order valence-corrected chi connectivity index (χ3v) is 8.77. The maximum atomic E-state index is 15.0. The molecule has 1 N–H and O–H groups in total. The van der Waals surface area contributed by atoms with Crippen LogP contribution in [0.4, 0.5) is 4.39 Å². The summed E-state index contributed by atoms with van der Waals surface area (Å²) in [6.45, 7) is 5.22. The normalized spacial score (nSPS) is 18.2. The Bertz CT molecular complexity index is 1980. The van der Waals surface area contributed by atoms with E-state index in [2.05, 4.69) is 27.4 Å². The molecule has 10 nitrogen and oxygen atoms in total. The van der Waals surface area contributed by atoms with E-state index in [1.54, 1.807) is 18.2 Å². The Morgan fingerprint density at radius 2 is 2.02 bits per heavy atom. The molecule has 0 radical (unpaired) electrons. The van der Waals surface area contributed by atoms with Crippen molar-refractivity contribution >= 4 is 39.6 Å². The monoisotopic (exact) mass is 614 g/mol. The van der Waals surface area contributed by atoms with Crippen LogP contribution < -0.4 is 4.74 Å². The molecule has 1 saturated heterocycles. The highest BCUT2D eigenvalue weighted by Gasteiger charge is 2.31. The Morgan fingerprint density at radius 1 is 1.18 bits per heavy atom. The fourth-order valence-corrected chi connectivity index (χ4v) is 6.21. The Morgan fingerprint density at radius 3 is 2.77 bits per heavy atom. The fourth-order valence-electron chi connectivity index (χ4n) is 6.04. The van der Waals surface area contributed by atoms with Gasteiger partial charge < -0.3 is 23.7 Å². The molecule has 7 rings (SSSR count). The third-order valence-electron chi connectivity index (χ3n) is 8.54. The van der Waals surface area contributed by atoms with Crippen LogP contribution in [0.3, 0.4) is 0 Å². The standard InChI is InChI=1S/C32H28ClFN6O4/c1-18-31-37-30-25(3-2-4-27(30)44-17-19-5-6-22(33)11-21(19)14-35)39(31)9-8-38(18)16-28-36-29-24(34)12-20(32(41)42)13-26(29)40(28)15-23-7-10-43-23/h2-6,11-13,18,23H,7-10,15-17H2,1H3,(H,41,42)/t18-,23-/m0/s1. The van der Waals surface area contributed by atoms with Gasteiger partial charge in [0.25, 0.3) is 0 Å². The summed E-state index contributed by atoms with van der Waals surface area (Å²) in [6.07, 6.45) is 0.853. The number of benzene rings is 3. The lowest BCUT2D eigenvalue weighted by Gasteiger charge is -2.34. The molecule has 0 saturated carbocycles. The lowest BCUT2D eigenvalue weighted by Crippen LogP contribution is -2.38. The summed E-state index contributed by atoms with van der Waals surface area (Å²) in [5.41, 5.74) is 3.39. The van der Waals surface area contributed by atoms with Crippen molar-refractivity contribution in [3.8, 4) is 11.8 Å². The zero-order chi connectivity index (χ0) is 30.5. The Hall–Kier alpha value is -4.50. The van der Waals surface area contributed by atoms with Gasteiger partial charge in [-0.25, -0.2) is 19.2 Å². The second-order valence-corrected chi connectivity index (χ2v) is 11.6. The summed E-state index contributed by atoms with van der Waals surface area (Å²) >= 11 is 6.05. The minimum atomic E-state index is -1.19. The Balaban J connectivity index is 1.18. The van der Waals surface area contributed by atoms with E-state index in [1.165, 1.54) is 6.07 Å². The van der Waals surface area contributed by atoms with Gasteiger partial charge in [0.1, 0.15) is 35.0 Å². The average Bonchev–Trinajstić information content (AvgIpc) is 3.54. The molecule has 3 aromatic carbocycles. The molecular weight excluding hydrogens is 587 g/mol. The Labute approximate surface area is 256 Å². The van der Waals surface area contributed by atoms with Gasteiger partial charge in [0.2, 0.25) is 0 Å². The predicted octanol–water partition coefficient (Wildman–Crippen LogP) is 5.69. The summed E-state index contributed by atoms with van der Waals surface area (Å²) in [5, 5.41) is 19.5. The number of nitriles is 1. The number of hydrogen-bond donors (Lipinski definition) is 1. The molecule has 224 valence electrons. The highest BCUT2D eigenvalue weighted by atomic mass is 35.5. The van der Waals surface area contributed by atoms with Crippen molar-refractivity contribution in [2.24, 2.45) is 0 Å². The zero-order valence-electron chi connectivity index (χ0n) is 23.8. The van der Waals surface area contributed by atoms with Crippen LogP contribution in [-0.2, 0) is 31.0 Å². The van der Waals surface area contributed by atoms with Crippen LogP contribution in [0.5, 0.6) is 5.75 Å². The smallest absolute Gasteiger partial charge is 0.335 e. The number of para-hydroxylation sites is 1. The predicted molar refractivity (Wildman–Crippen MR) is 160 cm³/mol. The number of nitrogens with zero attached hydrogens (tertiary/aromatic N) is 6. The van der Waals surface area contributed by atoms with Crippen LogP contribution in [0.2, 0.25) is 5.02 Å². The van der Waals surface area contributed by atoms with Crippen LogP contribution in [0.25, 0.3) is 22.1 Å². The number of ether oxygens (including phenoxy) is 2. The second kappa shape index (κ2) is 11.2. The van der Waals surface area contributed by atoms with E-state index >= 15 is 4.39 Å². The first kappa shape index (κ1) is 28.3. The molecule has 4 heterocycles. The summed E-state index contributed by atoms with van der Waals surface area (Å²) in [7, 11) is 0. The number of carboxylic acid groups (broad SMARTS) is 1. The number of hydrogen-bond acceptors (Lipinski definition) is 7. The van der Waals surface area contributed by atoms with Crippen LogP contribution >= 0.6 is 11.6 Å². The molecule has 2 aliphatic heterocycles. The van der Waals surface area contributed by atoms with Crippen molar-refractivity contribution in [1.82, 2.24) is 24.0 Å². The Kier molecular flexibility index (Phi) is 7.20. The van der Waals surface area contributed by atoms with Gasteiger partial charge in [0, 0.05) is 30.3 Å². The van der Waals surface area contributed by atoms with Crippen molar-refractivity contribution in [3.05, 3.63) is 87.7 Å². The van der Waals surface area contributed by atoms with Gasteiger partial charge in [-0.15, -0.1) is 0 Å². The molecule has 2 aromatic heterocycles. The number of aromatic carboxylic acids is 1. The van der Waals surface area contributed by atoms with Crippen molar-refractivity contribution in [3.63, 3.8) is 0 Å². The number of fused-ring (bicyclic) bond motifs is 4. The SMILES string of the molecule is C[C@H]1c2nc3c(OCc4ccc(Cl)cc4C#N)cccc3n2CCN1Cc1nc2c(F)cc(C(=O)O)cc2n1C[C@@H]1CCO1. The highest BCUT2D eigenvalue weighted by molar-refractivity contribution is 6.30. The molecule has 44 heavy (non-hydrogen) atoms. The molecule has 0 unspecified atom stereocenters. The van der Waals surface area contributed by atoms with Crippen LogP contribution in [-0.4, -0.2) is 54.3 Å². The van der Waals surface area contributed by atoms with Crippen molar-refractivity contribution in [1.29, 1.82) is 5.26 Å². The highest BCUT2D eigenvalue weighted by Crippen LogP contribution is 2.35. The molecule has 2 aliphatic rings. The topological polar surface area (TPSA) is 118 Å². The average molecular weight is 615 g/mol. The van der Waals surface area contributed by atoms with Gasteiger partial charge in [0.15, 0.2) is 5.82 Å². The third kappa shape index (κ3) is 4.95. The van der Waals surface area contributed by atoms with Crippen LogP contribution in [0.15, 0.2) is 48.5 Å². The number of rotatable bonds is 8. The minimum absolute atomic E-state index is 0.0267. The maximum Gasteiger partial charge on any atom is 0.335 e. The van der Waals surface area contributed by atoms with Gasteiger partial charge in [-0.2, -0.15) is 5.26 Å². The lowest BCUT2D eigenvalue weighted by molar-refractivity contribution is -0.0592. The molecule has 2 atom stereocenters. The summed E-state index contributed by atoms with van der Waals surface area (Å²) in [4.78, 5) is 23.6. The van der Waals surface area contributed by atoms with E-state index < -0.39 is 11.8 Å². The fraction of sp³-hybridized carbons (Fsp3) is 0.312. The minimum Gasteiger partial charge on any atom is -0.487 e. The summed E-state index contributed by atoms with van der Waals surface area (Å²) < 4.78 is 31.0. The van der Waals surface area contributed by atoms with Gasteiger partial charge in [-0.1, -0.05) is 23.7 Å². The first-order chi connectivity index (χ1) is 21.3. The largest absolute Gasteiger partial charge is 0.487 e. The number of halogens is 2. The second-order valence-electron chi connectivity index (χ2n) is 11.1. The van der Waals surface area contributed by atoms with E-state index in [4.69, 9.17) is 26.1 Å². The maximum absolute atomic E-state index is 15.0. The van der Waals surface area contributed by atoms with Gasteiger partial charge in [0.05, 0.1) is 53.5 Å². The van der Waals surface area contributed by atoms with Gasteiger partial charge in [-0.3, -0.25) is 4.90 Å². The van der Waals surface area contributed by atoms with Crippen molar-refractivity contribution < 1.29 is 23.8 Å². The lowest BCUT2D eigenvalue weighted by atomic mass is 10.1. The number of aromatic nitrogens is 4. The van der Waals surface area contributed by atoms with Gasteiger partial charge >= 0.3 is 5.97 Å². The van der Waals surface area contributed by atoms with E-state index in [9.17, 15) is 15.2 Å². The molecule has 0 spiro atoms. The number of carboxylic acids is 1. The summed E-state index contributed by atoms with van der Waals surface area (Å²) in [6, 6.07) is 15.5. The molecule has 0 bridgehead atoms. The van der Waals surface area contributed by atoms with Crippen LogP contribution in [0.1, 0.15) is 52.5 Å². The van der Waals surface area contributed by atoms with E-state index in [0.717, 1.165) is 34.9 Å². The number of carbonyl (C=O) groups is 1. The van der Waals surface area contributed by atoms with E-state index in [1.807, 2.05) is 22.8 Å². The van der Waals surface area contributed by atoms with E-state index in [-0.39, 0.29) is 29.8 Å². The first-order valence-electron chi connectivity index (χ1n) is 14.4. The van der Waals surface area contributed by atoms with Crippen LogP contribution in [0, 0.1) is 17.1 Å². The number of imidazole rings is 2. The molecule has 0 amide bonds. The molecule has 0 aliphatic carbocycles. The molecule has 12 heteroatoms. The van der Waals surface area contributed by atoms with Crippen molar-refractivity contribution in [2.75, 3.05) is 13.2 Å². The van der Waals surface area contributed by atoms with Gasteiger partial charge in [-0.05, 0) is 49.7 Å². The molecule has 5 aromatic rings. The van der Waals surface area contributed by atoms with Crippen molar-refractivity contribution in [2.45, 2.75) is 51.7 Å². The molecular formula is C32H28ClFN6O4.